The van der Waals surface area contributed by atoms with Crippen LogP contribution in [-0.4, -0.2) is 30.4 Å². The van der Waals surface area contributed by atoms with E-state index in [2.05, 4.69) is 10.6 Å². The molecule has 2 fully saturated rings. The van der Waals surface area contributed by atoms with Crippen LogP contribution in [0.5, 0.6) is 0 Å². The first-order valence-electron chi connectivity index (χ1n) is 7.59. The summed E-state index contributed by atoms with van der Waals surface area (Å²) in [5, 5.41) is 5.57. The smallest absolute Gasteiger partial charge is 0.407 e. The highest BCUT2D eigenvalue weighted by Gasteiger charge is 2.44. The van der Waals surface area contributed by atoms with Crippen molar-refractivity contribution in [2.75, 3.05) is 6.54 Å². The average Bonchev–Trinajstić information content (AvgIpc) is 2.86. The highest BCUT2D eigenvalue weighted by atomic mass is 16.6. The van der Waals surface area contributed by atoms with Crippen LogP contribution in [0.3, 0.4) is 0 Å². The van der Waals surface area contributed by atoms with E-state index in [1.165, 1.54) is 0 Å². The number of hydrogen-bond donors (Lipinski definition) is 2. The zero-order valence-corrected chi connectivity index (χ0v) is 12.3. The van der Waals surface area contributed by atoms with Gasteiger partial charge < -0.3 is 20.1 Å². The van der Waals surface area contributed by atoms with Crippen molar-refractivity contribution in [1.82, 2.24) is 10.6 Å². The van der Waals surface area contributed by atoms with Gasteiger partial charge in [0.2, 0.25) is 0 Å². The Morgan fingerprint density at radius 3 is 2.95 bits per heavy atom. The Labute approximate surface area is 129 Å². The average molecular weight is 304 g/mol. The summed E-state index contributed by atoms with van der Waals surface area (Å²) in [6.07, 6.45) is 2.46. The lowest BCUT2D eigenvalue weighted by Crippen LogP contribution is -2.47. The summed E-state index contributed by atoms with van der Waals surface area (Å²) >= 11 is 0. The van der Waals surface area contributed by atoms with Gasteiger partial charge >= 0.3 is 12.2 Å². The predicted octanol–water partition coefficient (Wildman–Crippen LogP) is 2.33. The number of rotatable bonds is 3. The van der Waals surface area contributed by atoms with E-state index in [-0.39, 0.29) is 18.7 Å². The maximum Gasteiger partial charge on any atom is 0.407 e. The fraction of sp³-hybridized carbons (Fsp3) is 0.500. The number of benzene rings is 1. The molecule has 1 aromatic carbocycles. The van der Waals surface area contributed by atoms with Gasteiger partial charge in [0, 0.05) is 12.5 Å². The van der Waals surface area contributed by atoms with E-state index in [9.17, 15) is 9.59 Å². The van der Waals surface area contributed by atoms with Crippen molar-refractivity contribution in [2.24, 2.45) is 0 Å². The summed E-state index contributed by atoms with van der Waals surface area (Å²) in [5.41, 5.74) is 0.485. The fourth-order valence-electron chi connectivity index (χ4n) is 3.13. The Morgan fingerprint density at radius 1 is 1.41 bits per heavy atom. The van der Waals surface area contributed by atoms with E-state index in [0.717, 1.165) is 24.8 Å². The van der Waals surface area contributed by atoms with Gasteiger partial charge in [-0.2, -0.15) is 0 Å². The van der Waals surface area contributed by atoms with Crippen LogP contribution in [0.15, 0.2) is 30.3 Å². The second kappa shape index (κ2) is 6.25. The summed E-state index contributed by atoms with van der Waals surface area (Å²) in [7, 11) is 0. The number of ether oxygens (including phenoxy) is 2. The third kappa shape index (κ3) is 3.50. The molecule has 0 aromatic heterocycles. The van der Waals surface area contributed by atoms with Gasteiger partial charge in [-0.3, -0.25) is 0 Å². The molecule has 1 spiro atoms. The van der Waals surface area contributed by atoms with Crippen LogP contribution in [0.4, 0.5) is 9.59 Å². The summed E-state index contributed by atoms with van der Waals surface area (Å²) in [6, 6.07) is 9.53. The number of nitrogens with one attached hydrogen (secondary N) is 2. The number of alkyl carbamates (subject to hydrolysis) is 2. The minimum atomic E-state index is -0.466. The molecule has 1 aromatic rings. The molecule has 1 heterocycles. The van der Waals surface area contributed by atoms with Gasteiger partial charge in [-0.05, 0) is 24.8 Å². The predicted molar refractivity (Wildman–Crippen MR) is 79.2 cm³/mol. The van der Waals surface area contributed by atoms with Crippen LogP contribution in [0.25, 0.3) is 0 Å². The molecule has 118 valence electrons. The molecule has 6 heteroatoms. The lowest BCUT2D eigenvalue weighted by Gasteiger charge is -2.35. The summed E-state index contributed by atoms with van der Waals surface area (Å²) in [4.78, 5) is 23.2. The zero-order chi connectivity index (χ0) is 15.4. The molecular weight excluding hydrogens is 284 g/mol. The molecule has 2 atom stereocenters. The minimum absolute atomic E-state index is 0.0234. The lowest BCUT2D eigenvalue weighted by atomic mass is 9.82. The maximum absolute atomic E-state index is 11.9. The summed E-state index contributed by atoms with van der Waals surface area (Å²) in [5.74, 6) is 0. The molecule has 1 saturated heterocycles. The first-order valence-corrected chi connectivity index (χ1v) is 7.59. The van der Waals surface area contributed by atoms with Crippen LogP contribution in [0.2, 0.25) is 0 Å². The second-order valence-electron chi connectivity index (χ2n) is 5.93. The molecule has 2 N–H and O–H groups in total. The zero-order valence-electron chi connectivity index (χ0n) is 12.3. The SMILES string of the molecule is O=C(NC1CCCC2(CNC(=O)O2)C1)OCc1ccccc1. The van der Waals surface area contributed by atoms with Gasteiger partial charge in [-0.1, -0.05) is 30.3 Å². The van der Waals surface area contributed by atoms with Crippen LogP contribution >= 0.6 is 0 Å². The molecule has 6 nitrogen and oxygen atoms in total. The van der Waals surface area contributed by atoms with Crippen LogP contribution in [0.1, 0.15) is 31.2 Å². The molecule has 22 heavy (non-hydrogen) atoms. The molecule has 3 rings (SSSR count). The first-order chi connectivity index (χ1) is 10.7. The monoisotopic (exact) mass is 304 g/mol. The largest absolute Gasteiger partial charge is 0.445 e. The molecule has 2 amide bonds. The van der Waals surface area contributed by atoms with Crippen molar-refractivity contribution in [3.05, 3.63) is 35.9 Å². The molecule has 1 aliphatic carbocycles. The maximum atomic E-state index is 11.9. The van der Waals surface area contributed by atoms with Crippen LogP contribution in [-0.2, 0) is 16.1 Å². The molecule has 2 aliphatic rings. The normalized spacial score (nSPS) is 27.1. The molecule has 1 saturated carbocycles. The van der Waals surface area contributed by atoms with Gasteiger partial charge in [-0.25, -0.2) is 9.59 Å². The topological polar surface area (TPSA) is 76.7 Å². The highest BCUT2D eigenvalue weighted by Crippen LogP contribution is 2.34. The summed E-state index contributed by atoms with van der Waals surface area (Å²) in [6.45, 7) is 0.768. The Bertz CT molecular complexity index is 548. The Balaban J connectivity index is 1.48. The van der Waals surface area contributed by atoms with Gasteiger partial charge in [0.25, 0.3) is 0 Å². The van der Waals surface area contributed by atoms with E-state index in [4.69, 9.17) is 9.47 Å². The lowest BCUT2D eigenvalue weighted by molar-refractivity contribution is 0.0147. The Morgan fingerprint density at radius 2 is 2.23 bits per heavy atom. The van der Waals surface area contributed by atoms with E-state index < -0.39 is 11.7 Å². The van der Waals surface area contributed by atoms with E-state index >= 15 is 0 Å². The van der Waals surface area contributed by atoms with E-state index in [1.807, 2.05) is 30.3 Å². The number of carbonyl (C=O) groups is 2. The van der Waals surface area contributed by atoms with Gasteiger partial charge in [0.1, 0.15) is 12.2 Å². The second-order valence-corrected chi connectivity index (χ2v) is 5.93. The van der Waals surface area contributed by atoms with E-state index in [1.54, 1.807) is 0 Å². The fourth-order valence-corrected chi connectivity index (χ4v) is 3.13. The Kier molecular flexibility index (Phi) is 4.18. The number of carbonyl (C=O) groups excluding carboxylic acids is 2. The first kappa shape index (κ1) is 14.7. The molecule has 0 radical (unpaired) electrons. The van der Waals surface area contributed by atoms with Crippen molar-refractivity contribution in [3.8, 4) is 0 Å². The third-order valence-corrected chi connectivity index (χ3v) is 4.20. The van der Waals surface area contributed by atoms with Crippen molar-refractivity contribution >= 4 is 12.2 Å². The van der Waals surface area contributed by atoms with Gasteiger partial charge in [0.05, 0.1) is 6.54 Å². The van der Waals surface area contributed by atoms with E-state index in [0.29, 0.717) is 13.0 Å². The molecule has 0 bridgehead atoms. The number of hydrogen-bond acceptors (Lipinski definition) is 4. The molecule has 2 unspecified atom stereocenters. The van der Waals surface area contributed by atoms with Crippen molar-refractivity contribution in [1.29, 1.82) is 0 Å². The standard InChI is InChI=1S/C16H20N2O4/c19-14-17-11-16(22-14)8-4-7-13(9-16)18-15(20)21-10-12-5-2-1-3-6-12/h1-3,5-6,13H,4,7-11H2,(H,17,19)(H,18,20). The number of amides is 2. The third-order valence-electron chi connectivity index (χ3n) is 4.20. The summed E-state index contributed by atoms with van der Waals surface area (Å²) < 4.78 is 10.6. The molecule has 1 aliphatic heterocycles. The van der Waals surface area contributed by atoms with Crippen LogP contribution < -0.4 is 10.6 Å². The van der Waals surface area contributed by atoms with Crippen LogP contribution in [0, 0.1) is 0 Å². The van der Waals surface area contributed by atoms with Crippen molar-refractivity contribution < 1.29 is 19.1 Å². The highest BCUT2D eigenvalue weighted by molar-refractivity contribution is 5.70. The quantitative estimate of drug-likeness (QED) is 0.898. The molecular formula is C16H20N2O4. The minimum Gasteiger partial charge on any atom is -0.445 e. The van der Waals surface area contributed by atoms with Crippen molar-refractivity contribution in [3.63, 3.8) is 0 Å². The van der Waals surface area contributed by atoms with Crippen molar-refractivity contribution in [2.45, 2.75) is 43.9 Å². The van der Waals surface area contributed by atoms with Gasteiger partial charge in [-0.15, -0.1) is 0 Å². The van der Waals surface area contributed by atoms with Gasteiger partial charge in [0.15, 0.2) is 0 Å². The Hall–Kier alpha value is -2.24.